The standard InChI is InChI=1S/C56H103NO5/c1-4-7-10-13-16-19-22-25-26-27-28-29-31-34-37-40-43-46-49-56(61)62-52(47-44-41-38-35-32-24-21-18-15-12-9-6-3)50-55(60)57-53(51-58)54(59)48-45-42-39-36-33-30-23-20-17-14-11-8-5-2/h22,25-29,35,38,52-54,58-59H,4-21,23-24,30-34,36-37,39-51H2,1-3H3,(H,57,60)/b25-22+,27-26+,29-28+,38-35-. The lowest BCUT2D eigenvalue weighted by atomic mass is 10.0. The first-order valence-electron chi connectivity index (χ1n) is 26.9. The molecule has 3 N–H and O–H groups in total. The number of ether oxygens (including phenoxy) is 1. The lowest BCUT2D eigenvalue weighted by Gasteiger charge is -2.24. The van der Waals surface area contributed by atoms with Crippen LogP contribution >= 0.6 is 0 Å². The van der Waals surface area contributed by atoms with E-state index in [0.29, 0.717) is 19.3 Å². The molecule has 3 unspecified atom stereocenters. The van der Waals surface area contributed by atoms with Gasteiger partial charge < -0.3 is 20.3 Å². The Balaban J connectivity index is 4.59. The highest BCUT2D eigenvalue weighted by Crippen LogP contribution is 2.17. The number of aliphatic hydroxyl groups is 2. The van der Waals surface area contributed by atoms with Crippen LogP contribution in [0.15, 0.2) is 48.6 Å². The van der Waals surface area contributed by atoms with Crippen LogP contribution < -0.4 is 5.32 Å². The van der Waals surface area contributed by atoms with Crippen LogP contribution in [0.3, 0.4) is 0 Å². The van der Waals surface area contributed by atoms with E-state index in [-0.39, 0.29) is 24.9 Å². The summed E-state index contributed by atoms with van der Waals surface area (Å²) in [7, 11) is 0. The minimum atomic E-state index is -0.797. The van der Waals surface area contributed by atoms with Crippen LogP contribution in [0.25, 0.3) is 0 Å². The Morgan fingerprint density at radius 1 is 0.468 bits per heavy atom. The van der Waals surface area contributed by atoms with Gasteiger partial charge in [0.15, 0.2) is 0 Å². The van der Waals surface area contributed by atoms with E-state index in [0.717, 1.165) is 77.0 Å². The van der Waals surface area contributed by atoms with Gasteiger partial charge in [-0.3, -0.25) is 9.59 Å². The molecule has 6 nitrogen and oxygen atoms in total. The first-order valence-corrected chi connectivity index (χ1v) is 26.9. The number of amides is 1. The maximum Gasteiger partial charge on any atom is 0.306 e. The molecule has 0 radical (unpaired) electrons. The Morgan fingerprint density at radius 2 is 0.855 bits per heavy atom. The molecule has 1 amide bonds. The zero-order valence-corrected chi connectivity index (χ0v) is 41.3. The molecule has 0 aliphatic carbocycles. The summed E-state index contributed by atoms with van der Waals surface area (Å²) < 4.78 is 5.91. The molecular weight excluding hydrogens is 767 g/mol. The van der Waals surface area contributed by atoms with Crippen molar-refractivity contribution in [3.63, 3.8) is 0 Å². The molecule has 0 aromatic heterocycles. The lowest BCUT2D eigenvalue weighted by Crippen LogP contribution is -2.46. The van der Waals surface area contributed by atoms with Crippen molar-refractivity contribution in [1.29, 1.82) is 0 Å². The summed E-state index contributed by atoms with van der Waals surface area (Å²) in [5.74, 6) is -0.520. The van der Waals surface area contributed by atoms with Crippen LogP contribution in [0.5, 0.6) is 0 Å². The molecule has 6 heteroatoms. The molecule has 0 heterocycles. The highest BCUT2D eigenvalue weighted by atomic mass is 16.5. The number of unbranched alkanes of at least 4 members (excludes halogenated alkanes) is 30. The van der Waals surface area contributed by atoms with Crippen LogP contribution in [0, 0.1) is 0 Å². The maximum atomic E-state index is 13.2. The first kappa shape index (κ1) is 59.8. The molecule has 0 aromatic rings. The molecule has 0 aliphatic rings. The summed E-state index contributed by atoms with van der Waals surface area (Å²) in [6, 6.07) is -0.713. The van der Waals surface area contributed by atoms with Gasteiger partial charge in [0.1, 0.15) is 6.10 Å². The average Bonchev–Trinajstić information content (AvgIpc) is 3.26. The second kappa shape index (κ2) is 49.8. The summed E-state index contributed by atoms with van der Waals surface area (Å²) in [4.78, 5) is 26.1. The van der Waals surface area contributed by atoms with Crippen molar-refractivity contribution in [3.05, 3.63) is 48.6 Å². The van der Waals surface area contributed by atoms with Gasteiger partial charge in [-0.2, -0.15) is 0 Å². The molecule has 0 spiro atoms. The molecule has 0 rings (SSSR count). The third-order valence-corrected chi connectivity index (χ3v) is 12.2. The summed E-state index contributed by atoms with van der Waals surface area (Å²) in [6.07, 6.45) is 60.3. The van der Waals surface area contributed by atoms with Gasteiger partial charge in [0, 0.05) is 6.42 Å². The number of aliphatic hydroxyl groups excluding tert-OH is 2. The fraction of sp³-hybridized carbons (Fsp3) is 0.821. The molecule has 3 atom stereocenters. The van der Waals surface area contributed by atoms with E-state index >= 15 is 0 Å². The minimum absolute atomic E-state index is 0.0492. The van der Waals surface area contributed by atoms with E-state index in [9.17, 15) is 19.8 Å². The molecule has 0 saturated heterocycles. The Labute approximate surface area is 385 Å². The van der Waals surface area contributed by atoms with Crippen molar-refractivity contribution in [1.82, 2.24) is 5.32 Å². The van der Waals surface area contributed by atoms with Crippen molar-refractivity contribution < 1.29 is 24.5 Å². The van der Waals surface area contributed by atoms with Crippen molar-refractivity contribution >= 4 is 11.9 Å². The molecular formula is C56H103NO5. The molecule has 0 aliphatic heterocycles. The van der Waals surface area contributed by atoms with E-state index in [1.165, 1.54) is 148 Å². The zero-order chi connectivity index (χ0) is 45.2. The summed E-state index contributed by atoms with van der Waals surface area (Å²) in [6.45, 7) is 6.46. The van der Waals surface area contributed by atoms with Gasteiger partial charge in [0.25, 0.3) is 0 Å². The maximum absolute atomic E-state index is 13.2. The number of hydrogen-bond acceptors (Lipinski definition) is 5. The Bertz CT molecular complexity index is 1070. The molecule has 0 aromatic carbocycles. The fourth-order valence-corrected chi connectivity index (χ4v) is 8.08. The van der Waals surface area contributed by atoms with Gasteiger partial charge >= 0.3 is 5.97 Å². The first-order chi connectivity index (χ1) is 30.5. The summed E-state index contributed by atoms with van der Waals surface area (Å²) >= 11 is 0. The fourth-order valence-electron chi connectivity index (χ4n) is 8.08. The predicted octanol–water partition coefficient (Wildman–Crippen LogP) is 16.2. The topological polar surface area (TPSA) is 95.9 Å². The highest BCUT2D eigenvalue weighted by Gasteiger charge is 2.24. The monoisotopic (exact) mass is 870 g/mol. The number of allylic oxidation sites excluding steroid dienone is 8. The molecule has 0 fully saturated rings. The third kappa shape index (κ3) is 44.4. The molecule has 362 valence electrons. The molecule has 0 bridgehead atoms. The number of carbonyl (C=O) groups is 2. The van der Waals surface area contributed by atoms with E-state index in [4.69, 9.17) is 4.74 Å². The number of rotatable bonds is 48. The second-order valence-corrected chi connectivity index (χ2v) is 18.3. The largest absolute Gasteiger partial charge is 0.462 e. The lowest BCUT2D eigenvalue weighted by molar-refractivity contribution is -0.151. The van der Waals surface area contributed by atoms with Gasteiger partial charge in [0.05, 0.1) is 25.2 Å². The Morgan fingerprint density at radius 3 is 1.31 bits per heavy atom. The smallest absolute Gasteiger partial charge is 0.306 e. The van der Waals surface area contributed by atoms with Crippen molar-refractivity contribution in [3.8, 4) is 0 Å². The number of hydrogen-bond donors (Lipinski definition) is 3. The Hall–Kier alpha value is -2.18. The van der Waals surface area contributed by atoms with E-state index in [1.54, 1.807) is 0 Å². The van der Waals surface area contributed by atoms with E-state index in [1.807, 2.05) is 0 Å². The van der Waals surface area contributed by atoms with E-state index in [2.05, 4.69) is 74.7 Å². The van der Waals surface area contributed by atoms with Crippen LogP contribution in [0.2, 0.25) is 0 Å². The molecule has 0 saturated carbocycles. The van der Waals surface area contributed by atoms with E-state index < -0.39 is 18.2 Å². The summed E-state index contributed by atoms with van der Waals surface area (Å²) in [5.41, 5.74) is 0. The van der Waals surface area contributed by atoms with Crippen molar-refractivity contribution in [2.75, 3.05) is 6.61 Å². The van der Waals surface area contributed by atoms with Gasteiger partial charge in [-0.25, -0.2) is 0 Å². The summed E-state index contributed by atoms with van der Waals surface area (Å²) in [5, 5.41) is 23.8. The van der Waals surface area contributed by atoms with Gasteiger partial charge in [-0.05, 0) is 70.6 Å². The quantitative estimate of drug-likeness (QED) is 0.0245. The Kier molecular flexibility index (Phi) is 48.1. The number of carbonyl (C=O) groups excluding carboxylic acids is 2. The predicted molar refractivity (Wildman–Crippen MR) is 269 cm³/mol. The highest BCUT2D eigenvalue weighted by molar-refractivity contribution is 5.77. The number of nitrogens with one attached hydrogen (secondary N) is 1. The minimum Gasteiger partial charge on any atom is -0.462 e. The number of esters is 1. The molecule has 62 heavy (non-hydrogen) atoms. The second-order valence-electron chi connectivity index (χ2n) is 18.3. The van der Waals surface area contributed by atoms with Crippen LogP contribution in [0.4, 0.5) is 0 Å². The van der Waals surface area contributed by atoms with Crippen molar-refractivity contribution in [2.24, 2.45) is 0 Å². The third-order valence-electron chi connectivity index (χ3n) is 12.2. The van der Waals surface area contributed by atoms with Crippen molar-refractivity contribution in [2.45, 2.75) is 289 Å². The average molecular weight is 870 g/mol. The van der Waals surface area contributed by atoms with Gasteiger partial charge in [-0.15, -0.1) is 0 Å². The zero-order valence-electron chi connectivity index (χ0n) is 41.3. The SMILES string of the molecule is CCCCCCC/C=C/C=C/C=C/CCCCCCCC(=O)OC(CCC/C=C\CCCCCCCCC)CC(=O)NC(CO)C(O)CCCCCCCCCCCCCCC. The van der Waals surface area contributed by atoms with Crippen LogP contribution in [-0.2, 0) is 14.3 Å². The normalized spacial score (nSPS) is 13.6. The van der Waals surface area contributed by atoms with Gasteiger partial charge in [0.2, 0.25) is 5.91 Å². The van der Waals surface area contributed by atoms with Gasteiger partial charge in [-0.1, -0.05) is 236 Å². The van der Waals surface area contributed by atoms with Crippen LogP contribution in [-0.4, -0.2) is 46.9 Å². The van der Waals surface area contributed by atoms with Crippen LogP contribution in [0.1, 0.15) is 271 Å².